The maximum Gasteiger partial charge on any atom is 0.259 e. The molecule has 2 aromatic carbocycles. The Balaban J connectivity index is 1.95. The third kappa shape index (κ3) is 3.93. The number of hydrogen-bond acceptors (Lipinski definition) is 5. The van der Waals surface area contributed by atoms with Crippen LogP contribution in [0.25, 0.3) is 5.69 Å². The molecule has 1 amide bonds. The number of amides is 1. The number of aryl methyl sites for hydroxylation is 1. The number of aromatic hydroxyl groups is 1. The molecule has 0 saturated heterocycles. The summed E-state index contributed by atoms with van der Waals surface area (Å²) < 4.78 is 25.7. The number of primary sulfonamides is 1. The van der Waals surface area contributed by atoms with Gasteiger partial charge in [-0.05, 0) is 56.3 Å². The fourth-order valence-corrected chi connectivity index (χ4v) is 3.73. The second-order valence-corrected chi connectivity index (χ2v) is 8.56. The summed E-state index contributed by atoms with van der Waals surface area (Å²) in [7, 11) is -4.13. The zero-order chi connectivity index (χ0) is 20.6. The van der Waals surface area contributed by atoms with E-state index in [1.165, 1.54) is 6.07 Å². The van der Waals surface area contributed by atoms with Crippen LogP contribution >= 0.6 is 15.9 Å². The molecule has 0 saturated carbocycles. The summed E-state index contributed by atoms with van der Waals surface area (Å²) in [5, 5.41) is 21.8. The minimum absolute atomic E-state index is 0.182. The molecule has 1 heterocycles. The second kappa shape index (κ2) is 7.38. The number of phenols is 1. The van der Waals surface area contributed by atoms with Crippen LogP contribution in [0.1, 0.15) is 21.7 Å². The van der Waals surface area contributed by atoms with Gasteiger partial charge in [-0.15, -0.1) is 0 Å². The van der Waals surface area contributed by atoms with Crippen LogP contribution in [0.2, 0.25) is 0 Å². The number of halogens is 1. The lowest BCUT2D eigenvalue weighted by atomic mass is 10.1. The lowest BCUT2D eigenvalue weighted by molar-refractivity contribution is 0.102. The van der Waals surface area contributed by atoms with E-state index in [2.05, 4.69) is 26.3 Å². The number of sulfonamides is 1. The van der Waals surface area contributed by atoms with Crippen LogP contribution in [0.5, 0.6) is 5.75 Å². The fraction of sp³-hybridized carbons (Fsp3) is 0.111. The first-order chi connectivity index (χ1) is 13.1. The minimum atomic E-state index is -4.13. The van der Waals surface area contributed by atoms with Crippen molar-refractivity contribution in [3.8, 4) is 11.4 Å². The number of nitrogens with one attached hydrogen (secondary N) is 1. The van der Waals surface area contributed by atoms with Gasteiger partial charge in [0.15, 0.2) is 0 Å². The maximum absolute atomic E-state index is 12.8. The highest BCUT2D eigenvalue weighted by atomic mass is 79.9. The molecule has 0 radical (unpaired) electrons. The predicted octanol–water partition coefficient (Wildman–Crippen LogP) is 2.86. The van der Waals surface area contributed by atoms with Crippen LogP contribution in [-0.4, -0.2) is 29.2 Å². The Morgan fingerprint density at radius 2 is 1.82 bits per heavy atom. The summed E-state index contributed by atoms with van der Waals surface area (Å²) in [6.07, 6.45) is 0. The Kier molecular flexibility index (Phi) is 5.28. The van der Waals surface area contributed by atoms with Crippen LogP contribution in [0.4, 0.5) is 5.69 Å². The predicted molar refractivity (Wildman–Crippen MR) is 108 cm³/mol. The molecule has 0 aliphatic rings. The largest absolute Gasteiger partial charge is 0.507 e. The van der Waals surface area contributed by atoms with Crippen molar-refractivity contribution < 1.29 is 18.3 Å². The van der Waals surface area contributed by atoms with E-state index < -0.39 is 26.6 Å². The van der Waals surface area contributed by atoms with Gasteiger partial charge < -0.3 is 10.4 Å². The summed E-state index contributed by atoms with van der Waals surface area (Å²) in [6, 6.07) is 11.1. The first-order valence-corrected chi connectivity index (χ1v) is 10.4. The third-order valence-electron chi connectivity index (χ3n) is 4.11. The van der Waals surface area contributed by atoms with Gasteiger partial charge in [-0.25, -0.2) is 18.2 Å². The van der Waals surface area contributed by atoms with Crippen molar-refractivity contribution in [3.63, 3.8) is 0 Å². The number of aromatic nitrogens is 2. The summed E-state index contributed by atoms with van der Waals surface area (Å²) >= 11 is 3.38. The molecule has 3 aromatic rings. The Labute approximate surface area is 170 Å². The fourth-order valence-electron chi connectivity index (χ4n) is 2.82. The number of nitrogens with two attached hydrogens (primary N) is 1. The Hall–Kier alpha value is -2.69. The smallest absolute Gasteiger partial charge is 0.259 e. The number of benzene rings is 2. The van der Waals surface area contributed by atoms with Gasteiger partial charge in [0.1, 0.15) is 10.6 Å². The number of carbonyl (C=O) groups is 1. The Bertz CT molecular complexity index is 1170. The molecule has 0 unspecified atom stereocenters. The SMILES string of the molecule is Cc1nn(-c2ccc(Br)cc2)c(C)c1C(=O)Nc1ccc(O)c(S(N)(=O)=O)c1. The summed E-state index contributed by atoms with van der Waals surface area (Å²) in [5.74, 6) is -0.944. The lowest BCUT2D eigenvalue weighted by Crippen LogP contribution is -2.16. The van der Waals surface area contributed by atoms with Gasteiger partial charge in [0, 0.05) is 10.2 Å². The maximum atomic E-state index is 12.8. The van der Waals surface area contributed by atoms with E-state index in [-0.39, 0.29) is 5.69 Å². The van der Waals surface area contributed by atoms with E-state index in [0.29, 0.717) is 17.0 Å². The van der Waals surface area contributed by atoms with Crippen LogP contribution < -0.4 is 10.5 Å². The molecule has 8 nitrogen and oxygen atoms in total. The molecule has 1 aromatic heterocycles. The number of nitrogens with zero attached hydrogens (tertiary/aromatic N) is 2. The molecule has 0 aliphatic carbocycles. The van der Waals surface area contributed by atoms with Crippen LogP contribution in [0.15, 0.2) is 51.8 Å². The van der Waals surface area contributed by atoms with Gasteiger partial charge in [-0.1, -0.05) is 15.9 Å². The third-order valence-corrected chi connectivity index (χ3v) is 5.58. The van der Waals surface area contributed by atoms with Gasteiger partial charge in [0.25, 0.3) is 5.91 Å². The summed E-state index contributed by atoms with van der Waals surface area (Å²) in [5.41, 5.74) is 2.49. The molecule has 28 heavy (non-hydrogen) atoms. The Morgan fingerprint density at radius 3 is 2.43 bits per heavy atom. The molecule has 0 fully saturated rings. The van der Waals surface area contributed by atoms with E-state index in [1.807, 2.05) is 24.3 Å². The van der Waals surface area contributed by atoms with E-state index in [0.717, 1.165) is 22.3 Å². The van der Waals surface area contributed by atoms with E-state index in [4.69, 9.17) is 5.14 Å². The van der Waals surface area contributed by atoms with Crippen molar-refractivity contribution in [2.24, 2.45) is 5.14 Å². The van der Waals surface area contributed by atoms with Crippen LogP contribution in [-0.2, 0) is 10.0 Å². The van der Waals surface area contributed by atoms with Crippen molar-refractivity contribution >= 4 is 37.5 Å². The zero-order valence-corrected chi connectivity index (χ0v) is 17.4. The average molecular weight is 465 g/mol. The van der Waals surface area contributed by atoms with Gasteiger partial charge in [-0.2, -0.15) is 5.10 Å². The highest BCUT2D eigenvalue weighted by Gasteiger charge is 2.21. The molecule has 4 N–H and O–H groups in total. The lowest BCUT2D eigenvalue weighted by Gasteiger charge is -2.09. The Morgan fingerprint density at radius 1 is 1.18 bits per heavy atom. The number of rotatable bonds is 4. The number of anilines is 1. The van der Waals surface area contributed by atoms with Gasteiger partial charge >= 0.3 is 0 Å². The van der Waals surface area contributed by atoms with Crippen molar-refractivity contribution in [1.29, 1.82) is 0 Å². The van der Waals surface area contributed by atoms with E-state index in [9.17, 15) is 18.3 Å². The molecule has 146 valence electrons. The molecular formula is C18H17BrN4O4S. The quantitative estimate of drug-likeness (QED) is 0.511. The molecule has 0 aliphatic heterocycles. The van der Waals surface area contributed by atoms with Crippen molar-refractivity contribution in [1.82, 2.24) is 9.78 Å². The number of hydrogen-bond donors (Lipinski definition) is 3. The number of carbonyl (C=O) groups excluding carboxylic acids is 1. The summed E-state index contributed by atoms with van der Waals surface area (Å²) in [6.45, 7) is 3.48. The molecule has 10 heteroatoms. The normalized spacial score (nSPS) is 11.4. The molecule has 3 rings (SSSR count). The van der Waals surface area contributed by atoms with E-state index in [1.54, 1.807) is 18.5 Å². The van der Waals surface area contributed by atoms with Gasteiger partial charge in [0.05, 0.1) is 22.6 Å². The molecule has 0 bridgehead atoms. The monoisotopic (exact) mass is 464 g/mol. The zero-order valence-electron chi connectivity index (χ0n) is 15.0. The topological polar surface area (TPSA) is 127 Å². The van der Waals surface area contributed by atoms with Crippen molar-refractivity contribution in [2.75, 3.05) is 5.32 Å². The van der Waals surface area contributed by atoms with Crippen LogP contribution in [0, 0.1) is 13.8 Å². The second-order valence-electron chi connectivity index (χ2n) is 6.12. The van der Waals surface area contributed by atoms with E-state index >= 15 is 0 Å². The van der Waals surface area contributed by atoms with Crippen molar-refractivity contribution in [3.05, 3.63) is 63.9 Å². The first-order valence-electron chi connectivity index (χ1n) is 8.07. The van der Waals surface area contributed by atoms with Gasteiger partial charge in [-0.3, -0.25) is 4.79 Å². The molecule has 0 atom stereocenters. The van der Waals surface area contributed by atoms with Crippen LogP contribution in [0.3, 0.4) is 0 Å². The average Bonchev–Trinajstić information content (AvgIpc) is 2.91. The minimum Gasteiger partial charge on any atom is -0.507 e. The molecular weight excluding hydrogens is 448 g/mol. The highest BCUT2D eigenvalue weighted by Crippen LogP contribution is 2.26. The number of phenolic OH excluding ortho intramolecular Hbond substituents is 1. The summed E-state index contributed by atoms with van der Waals surface area (Å²) in [4.78, 5) is 12.3. The van der Waals surface area contributed by atoms with Crippen molar-refractivity contribution in [2.45, 2.75) is 18.7 Å². The molecule has 0 spiro atoms. The highest BCUT2D eigenvalue weighted by molar-refractivity contribution is 9.10. The van der Waals surface area contributed by atoms with Gasteiger partial charge in [0.2, 0.25) is 10.0 Å². The first kappa shape index (κ1) is 20.1. The standard InChI is InChI=1S/C18H17BrN4O4S/c1-10-17(11(2)23(22-10)14-6-3-12(19)4-7-14)18(25)21-13-5-8-15(24)16(9-13)28(20,26)27/h3-9,24H,1-2H3,(H,21,25)(H2,20,26,27).